The van der Waals surface area contributed by atoms with E-state index in [4.69, 9.17) is 0 Å². The fourth-order valence-corrected chi connectivity index (χ4v) is 2.64. The smallest absolute Gasteiger partial charge is 0.171 e. The van der Waals surface area contributed by atoms with Crippen LogP contribution in [0.4, 0.5) is 0 Å². The molecule has 0 spiro atoms. The summed E-state index contributed by atoms with van der Waals surface area (Å²) in [7, 11) is 2.13. The van der Waals surface area contributed by atoms with Crippen molar-refractivity contribution in [3.63, 3.8) is 0 Å². The zero-order valence-electron chi connectivity index (χ0n) is 7.97. The molecule has 0 unspecified atom stereocenters. The minimum atomic E-state index is 0.947. The molecule has 0 fully saturated rings. The van der Waals surface area contributed by atoms with Crippen molar-refractivity contribution in [3.8, 4) is 0 Å². The number of hydrogen-bond donors (Lipinski definition) is 0. The van der Waals surface area contributed by atoms with E-state index in [1.54, 1.807) is 11.8 Å². The van der Waals surface area contributed by atoms with Gasteiger partial charge in [-0.3, -0.25) is 4.90 Å². The molecule has 2 aromatic rings. The molecule has 0 saturated carbocycles. The van der Waals surface area contributed by atoms with Gasteiger partial charge in [-0.1, -0.05) is 23.9 Å². The summed E-state index contributed by atoms with van der Waals surface area (Å²) in [6.07, 6.45) is 0. The molecular formula is C10H11N3S. The minimum Gasteiger partial charge on any atom is -0.305 e. The maximum Gasteiger partial charge on any atom is 0.171 e. The topological polar surface area (TPSA) is 21.1 Å². The highest BCUT2D eigenvalue weighted by Gasteiger charge is 2.17. The number of rotatable bonds is 0. The van der Waals surface area contributed by atoms with Crippen LogP contribution in [0.15, 0.2) is 29.4 Å². The first-order chi connectivity index (χ1) is 6.84. The standard InChI is InChI=1S/C10H11N3S/c1-12-6-13-9-5-3-2-4-8(9)11-10(13)14-7-12/h2-5H,6-7H2,1H3. The van der Waals surface area contributed by atoms with Gasteiger partial charge in [0.25, 0.3) is 0 Å². The van der Waals surface area contributed by atoms with Gasteiger partial charge in [-0.2, -0.15) is 0 Å². The van der Waals surface area contributed by atoms with Gasteiger partial charge in [0.15, 0.2) is 5.16 Å². The van der Waals surface area contributed by atoms with Gasteiger partial charge in [0.2, 0.25) is 0 Å². The maximum atomic E-state index is 4.59. The fourth-order valence-electron chi connectivity index (χ4n) is 1.75. The summed E-state index contributed by atoms with van der Waals surface area (Å²) in [6, 6.07) is 8.30. The van der Waals surface area contributed by atoms with E-state index in [-0.39, 0.29) is 0 Å². The molecule has 3 nitrogen and oxygen atoms in total. The van der Waals surface area contributed by atoms with E-state index >= 15 is 0 Å². The first kappa shape index (κ1) is 8.32. The zero-order valence-corrected chi connectivity index (χ0v) is 8.79. The van der Waals surface area contributed by atoms with E-state index in [0.717, 1.165) is 23.2 Å². The third-order valence-corrected chi connectivity index (χ3v) is 3.56. The molecule has 0 atom stereocenters. The highest BCUT2D eigenvalue weighted by molar-refractivity contribution is 7.99. The van der Waals surface area contributed by atoms with E-state index in [1.165, 1.54) is 5.52 Å². The number of aromatic nitrogens is 2. The Labute approximate surface area is 86.7 Å². The molecule has 1 aliphatic rings. The third kappa shape index (κ3) is 1.14. The molecular weight excluding hydrogens is 194 g/mol. The van der Waals surface area contributed by atoms with Gasteiger partial charge in [-0.15, -0.1) is 0 Å². The van der Waals surface area contributed by atoms with Crippen molar-refractivity contribution in [3.05, 3.63) is 24.3 Å². The lowest BCUT2D eigenvalue weighted by atomic mass is 10.3. The highest BCUT2D eigenvalue weighted by Crippen LogP contribution is 2.28. The summed E-state index contributed by atoms with van der Waals surface area (Å²) >= 11 is 1.80. The lowest BCUT2D eigenvalue weighted by molar-refractivity contribution is 0.295. The van der Waals surface area contributed by atoms with Crippen molar-refractivity contribution < 1.29 is 0 Å². The van der Waals surface area contributed by atoms with Crippen LogP contribution in [0.2, 0.25) is 0 Å². The van der Waals surface area contributed by atoms with E-state index in [9.17, 15) is 0 Å². The number of nitrogens with zero attached hydrogens (tertiary/aromatic N) is 3. The van der Waals surface area contributed by atoms with E-state index in [2.05, 4.69) is 39.7 Å². The Morgan fingerprint density at radius 1 is 1.36 bits per heavy atom. The molecule has 0 N–H and O–H groups in total. The summed E-state index contributed by atoms with van der Waals surface area (Å²) in [6.45, 7) is 0.947. The van der Waals surface area contributed by atoms with Crippen LogP contribution in [0.25, 0.3) is 11.0 Å². The van der Waals surface area contributed by atoms with Crippen molar-refractivity contribution >= 4 is 22.8 Å². The Kier molecular flexibility index (Phi) is 1.78. The van der Waals surface area contributed by atoms with Gasteiger partial charge in [0.05, 0.1) is 23.6 Å². The third-order valence-electron chi connectivity index (χ3n) is 2.42. The van der Waals surface area contributed by atoms with Crippen LogP contribution in [0.5, 0.6) is 0 Å². The lowest BCUT2D eigenvalue weighted by Crippen LogP contribution is -2.26. The van der Waals surface area contributed by atoms with Gasteiger partial charge in [0, 0.05) is 0 Å². The molecule has 0 bridgehead atoms. The van der Waals surface area contributed by atoms with Crippen molar-refractivity contribution in [1.29, 1.82) is 0 Å². The van der Waals surface area contributed by atoms with E-state index in [0.29, 0.717) is 0 Å². The predicted molar refractivity (Wildman–Crippen MR) is 58.2 cm³/mol. The monoisotopic (exact) mass is 205 g/mol. The summed E-state index contributed by atoms with van der Waals surface area (Å²) in [4.78, 5) is 6.87. The quantitative estimate of drug-likeness (QED) is 0.656. The number of benzene rings is 1. The number of fused-ring (bicyclic) bond motifs is 3. The lowest BCUT2D eigenvalue weighted by Gasteiger charge is -2.23. The second-order valence-corrected chi connectivity index (χ2v) is 4.49. The summed E-state index contributed by atoms with van der Waals surface area (Å²) in [5.41, 5.74) is 2.34. The van der Waals surface area contributed by atoms with Crippen molar-refractivity contribution in [1.82, 2.24) is 14.5 Å². The Balaban J connectivity index is 2.25. The molecule has 0 radical (unpaired) electrons. The largest absolute Gasteiger partial charge is 0.305 e. The van der Waals surface area contributed by atoms with Gasteiger partial charge in [-0.25, -0.2) is 4.98 Å². The van der Waals surface area contributed by atoms with Gasteiger partial charge < -0.3 is 4.57 Å². The van der Waals surface area contributed by atoms with Gasteiger partial charge >= 0.3 is 0 Å². The number of imidazole rings is 1. The number of hydrogen-bond acceptors (Lipinski definition) is 3. The predicted octanol–water partition coefficient (Wildman–Crippen LogP) is 1.99. The number of para-hydroxylation sites is 2. The molecule has 1 aromatic heterocycles. The average Bonchev–Trinajstić information content (AvgIpc) is 2.56. The zero-order chi connectivity index (χ0) is 9.54. The van der Waals surface area contributed by atoms with Gasteiger partial charge in [0.1, 0.15) is 0 Å². The molecule has 72 valence electrons. The van der Waals surface area contributed by atoms with Crippen LogP contribution >= 0.6 is 11.8 Å². The first-order valence-corrected chi connectivity index (χ1v) is 5.60. The van der Waals surface area contributed by atoms with E-state index < -0.39 is 0 Å². The summed E-state index contributed by atoms with van der Waals surface area (Å²) in [5.74, 6) is 1.03. The van der Waals surface area contributed by atoms with E-state index in [1.807, 2.05) is 6.07 Å². The van der Waals surface area contributed by atoms with Crippen molar-refractivity contribution in [2.24, 2.45) is 0 Å². The van der Waals surface area contributed by atoms with Gasteiger partial charge in [-0.05, 0) is 19.2 Å². The molecule has 0 aliphatic carbocycles. The molecule has 1 aromatic carbocycles. The molecule has 4 heteroatoms. The minimum absolute atomic E-state index is 0.947. The Morgan fingerprint density at radius 2 is 2.21 bits per heavy atom. The molecule has 1 aliphatic heterocycles. The molecule has 2 heterocycles. The maximum absolute atomic E-state index is 4.59. The Hall–Kier alpha value is -1.00. The van der Waals surface area contributed by atoms with Crippen LogP contribution in [0, 0.1) is 0 Å². The Bertz CT molecular complexity index is 477. The summed E-state index contributed by atoms with van der Waals surface area (Å²) in [5, 5.41) is 1.14. The molecule has 0 amide bonds. The Morgan fingerprint density at radius 3 is 3.14 bits per heavy atom. The summed E-state index contributed by atoms with van der Waals surface area (Å²) < 4.78 is 2.27. The first-order valence-electron chi connectivity index (χ1n) is 4.61. The highest BCUT2D eigenvalue weighted by atomic mass is 32.2. The average molecular weight is 205 g/mol. The second kappa shape index (κ2) is 3.00. The SMILES string of the molecule is CN1CSc2nc3ccccc3n2C1. The molecule has 0 saturated heterocycles. The molecule has 14 heavy (non-hydrogen) atoms. The van der Waals surface area contributed by atoms with Crippen LogP contribution in [-0.2, 0) is 6.67 Å². The van der Waals surface area contributed by atoms with Crippen LogP contribution in [0.1, 0.15) is 0 Å². The van der Waals surface area contributed by atoms with Crippen LogP contribution in [-0.4, -0.2) is 27.4 Å². The number of thioether (sulfide) groups is 1. The second-order valence-electron chi connectivity index (χ2n) is 3.58. The van der Waals surface area contributed by atoms with Crippen LogP contribution < -0.4 is 0 Å². The normalized spacial score (nSPS) is 17.2. The van der Waals surface area contributed by atoms with Crippen molar-refractivity contribution in [2.75, 3.05) is 12.9 Å². The molecule has 3 rings (SSSR count). The fraction of sp³-hybridized carbons (Fsp3) is 0.300. The van der Waals surface area contributed by atoms with Crippen LogP contribution in [0.3, 0.4) is 0 Å². The van der Waals surface area contributed by atoms with Crippen molar-refractivity contribution in [2.45, 2.75) is 11.8 Å².